The molecule has 0 aliphatic heterocycles. The van der Waals surface area contributed by atoms with Crippen molar-refractivity contribution in [3.63, 3.8) is 0 Å². The third-order valence-corrected chi connectivity index (χ3v) is 2.18. The Bertz CT molecular complexity index is 445. The van der Waals surface area contributed by atoms with Crippen molar-refractivity contribution in [2.45, 2.75) is 19.9 Å². The number of benzene rings is 1. The van der Waals surface area contributed by atoms with E-state index in [0.29, 0.717) is 11.8 Å². The van der Waals surface area contributed by atoms with Crippen molar-refractivity contribution in [3.05, 3.63) is 30.3 Å². The maximum atomic E-state index is 5.77. The zero-order chi connectivity index (χ0) is 10.8. The first-order valence-electron chi connectivity index (χ1n) is 4.96. The van der Waals surface area contributed by atoms with E-state index in [2.05, 4.69) is 10.1 Å². The molecule has 0 saturated heterocycles. The topological polar surface area (TPSA) is 56.7 Å². The predicted octanol–water partition coefficient (Wildman–Crippen LogP) is 2.11. The van der Waals surface area contributed by atoms with Gasteiger partial charge in [0.15, 0.2) is 5.82 Å². The first-order chi connectivity index (χ1) is 7.18. The summed E-state index contributed by atoms with van der Waals surface area (Å²) >= 11 is 0. The summed E-state index contributed by atoms with van der Waals surface area (Å²) in [7, 11) is 0. The molecular formula is C11H14N4. The second-order valence-corrected chi connectivity index (χ2v) is 3.70. The zero-order valence-corrected chi connectivity index (χ0v) is 8.88. The Morgan fingerprint density at radius 2 is 1.87 bits per heavy atom. The number of hydrogen-bond acceptors (Lipinski definition) is 3. The Hall–Kier alpha value is -1.84. The van der Waals surface area contributed by atoms with E-state index < -0.39 is 0 Å². The highest BCUT2D eigenvalue weighted by atomic mass is 15.4. The number of nitrogen functional groups attached to an aromatic ring is 1. The lowest BCUT2D eigenvalue weighted by Crippen LogP contribution is -2.07. The third kappa shape index (κ3) is 1.83. The van der Waals surface area contributed by atoms with E-state index >= 15 is 0 Å². The molecule has 15 heavy (non-hydrogen) atoms. The van der Waals surface area contributed by atoms with Crippen LogP contribution in [0.3, 0.4) is 0 Å². The first-order valence-corrected chi connectivity index (χ1v) is 4.96. The number of aromatic nitrogens is 3. The normalized spacial score (nSPS) is 10.9. The van der Waals surface area contributed by atoms with Gasteiger partial charge in [-0.3, -0.25) is 0 Å². The summed E-state index contributed by atoms with van der Waals surface area (Å²) in [5, 5.41) is 4.36. The van der Waals surface area contributed by atoms with E-state index in [1.54, 1.807) is 4.68 Å². The molecule has 0 fully saturated rings. The van der Waals surface area contributed by atoms with Gasteiger partial charge in [0, 0.05) is 5.56 Å². The van der Waals surface area contributed by atoms with Gasteiger partial charge in [0.1, 0.15) is 0 Å². The Morgan fingerprint density at radius 3 is 2.40 bits per heavy atom. The second kappa shape index (κ2) is 3.73. The predicted molar refractivity (Wildman–Crippen MR) is 60.3 cm³/mol. The minimum Gasteiger partial charge on any atom is -0.368 e. The van der Waals surface area contributed by atoms with Crippen LogP contribution in [0, 0.1) is 0 Å². The number of anilines is 1. The molecule has 1 aromatic carbocycles. The monoisotopic (exact) mass is 202 g/mol. The van der Waals surface area contributed by atoms with Gasteiger partial charge >= 0.3 is 0 Å². The summed E-state index contributed by atoms with van der Waals surface area (Å²) < 4.78 is 1.72. The van der Waals surface area contributed by atoms with Crippen LogP contribution in [0.1, 0.15) is 19.9 Å². The standard InChI is InChI=1S/C11H14N4/c1-8(2)15-11(12)13-10(14-15)9-6-4-3-5-7-9/h3-8H,1-2H3,(H2,12,13,14). The van der Waals surface area contributed by atoms with Crippen LogP contribution in [0.4, 0.5) is 5.95 Å². The highest BCUT2D eigenvalue weighted by molar-refractivity contribution is 5.55. The lowest BCUT2D eigenvalue weighted by molar-refractivity contribution is 0.541. The molecule has 2 rings (SSSR count). The number of nitrogens with two attached hydrogens (primary N) is 1. The molecule has 4 heteroatoms. The number of rotatable bonds is 2. The average molecular weight is 202 g/mol. The van der Waals surface area contributed by atoms with E-state index in [4.69, 9.17) is 5.73 Å². The molecule has 0 atom stereocenters. The van der Waals surface area contributed by atoms with Gasteiger partial charge in [-0.25, -0.2) is 4.68 Å². The minimum atomic E-state index is 0.231. The summed E-state index contributed by atoms with van der Waals surface area (Å²) in [5.74, 6) is 1.14. The molecule has 1 heterocycles. The summed E-state index contributed by atoms with van der Waals surface area (Å²) in [4.78, 5) is 4.23. The fourth-order valence-corrected chi connectivity index (χ4v) is 1.42. The summed E-state index contributed by atoms with van der Waals surface area (Å²) in [5.41, 5.74) is 6.76. The zero-order valence-electron chi connectivity index (χ0n) is 8.88. The maximum absolute atomic E-state index is 5.77. The van der Waals surface area contributed by atoms with Gasteiger partial charge in [0.25, 0.3) is 0 Å². The molecule has 0 radical (unpaired) electrons. The minimum absolute atomic E-state index is 0.231. The first kappa shape index (κ1) is 9.71. The molecule has 0 unspecified atom stereocenters. The molecule has 0 spiro atoms. The lowest BCUT2D eigenvalue weighted by atomic mass is 10.2. The average Bonchev–Trinajstić information content (AvgIpc) is 2.62. The van der Waals surface area contributed by atoms with Gasteiger partial charge in [-0.15, -0.1) is 5.10 Å². The van der Waals surface area contributed by atoms with Crippen LogP contribution in [0.2, 0.25) is 0 Å². The van der Waals surface area contributed by atoms with E-state index in [-0.39, 0.29) is 6.04 Å². The molecule has 78 valence electrons. The van der Waals surface area contributed by atoms with Crippen molar-refractivity contribution in [3.8, 4) is 11.4 Å². The Kier molecular flexibility index (Phi) is 2.41. The fourth-order valence-electron chi connectivity index (χ4n) is 1.42. The van der Waals surface area contributed by atoms with Crippen LogP contribution in [-0.4, -0.2) is 14.8 Å². The molecule has 1 aromatic heterocycles. The summed E-state index contributed by atoms with van der Waals surface area (Å²) in [6.07, 6.45) is 0. The number of hydrogen-bond donors (Lipinski definition) is 1. The van der Waals surface area contributed by atoms with E-state index in [0.717, 1.165) is 5.56 Å². The van der Waals surface area contributed by atoms with Gasteiger partial charge in [-0.05, 0) is 13.8 Å². The van der Waals surface area contributed by atoms with Crippen molar-refractivity contribution in [2.75, 3.05) is 5.73 Å². The molecule has 0 amide bonds. The molecule has 0 aliphatic rings. The van der Waals surface area contributed by atoms with Gasteiger partial charge in [-0.1, -0.05) is 30.3 Å². The molecule has 2 N–H and O–H groups in total. The molecule has 0 bridgehead atoms. The highest BCUT2D eigenvalue weighted by Crippen LogP contribution is 2.18. The van der Waals surface area contributed by atoms with Crippen LogP contribution in [0.25, 0.3) is 11.4 Å². The van der Waals surface area contributed by atoms with Gasteiger partial charge in [-0.2, -0.15) is 4.98 Å². The van der Waals surface area contributed by atoms with Crippen LogP contribution < -0.4 is 5.73 Å². The third-order valence-electron chi connectivity index (χ3n) is 2.18. The molecule has 0 saturated carbocycles. The van der Waals surface area contributed by atoms with Crippen LogP contribution in [0.5, 0.6) is 0 Å². The quantitative estimate of drug-likeness (QED) is 0.811. The second-order valence-electron chi connectivity index (χ2n) is 3.70. The van der Waals surface area contributed by atoms with Crippen molar-refractivity contribution in [1.82, 2.24) is 14.8 Å². The smallest absolute Gasteiger partial charge is 0.219 e. The molecule has 0 aliphatic carbocycles. The van der Waals surface area contributed by atoms with Crippen molar-refractivity contribution in [1.29, 1.82) is 0 Å². The Labute approximate surface area is 88.8 Å². The SMILES string of the molecule is CC(C)n1nc(-c2ccccc2)nc1N. The van der Waals surface area contributed by atoms with Crippen LogP contribution >= 0.6 is 0 Å². The van der Waals surface area contributed by atoms with E-state index in [1.165, 1.54) is 0 Å². The summed E-state index contributed by atoms with van der Waals surface area (Å²) in [6, 6.07) is 10.1. The fraction of sp³-hybridized carbons (Fsp3) is 0.273. The lowest BCUT2D eigenvalue weighted by Gasteiger charge is -2.04. The Balaban J connectivity index is 2.43. The maximum Gasteiger partial charge on any atom is 0.219 e. The number of nitrogens with zero attached hydrogens (tertiary/aromatic N) is 3. The van der Waals surface area contributed by atoms with E-state index in [1.807, 2.05) is 44.2 Å². The molecular weight excluding hydrogens is 188 g/mol. The van der Waals surface area contributed by atoms with Crippen LogP contribution in [0.15, 0.2) is 30.3 Å². The van der Waals surface area contributed by atoms with Gasteiger partial charge in [0.05, 0.1) is 6.04 Å². The Morgan fingerprint density at radius 1 is 1.20 bits per heavy atom. The van der Waals surface area contributed by atoms with Crippen molar-refractivity contribution >= 4 is 5.95 Å². The highest BCUT2D eigenvalue weighted by Gasteiger charge is 2.10. The molecule has 4 nitrogen and oxygen atoms in total. The van der Waals surface area contributed by atoms with Crippen molar-refractivity contribution < 1.29 is 0 Å². The van der Waals surface area contributed by atoms with Crippen LogP contribution in [-0.2, 0) is 0 Å². The molecule has 2 aromatic rings. The van der Waals surface area contributed by atoms with Gasteiger partial charge < -0.3 is 5.73 Å². The van der Waals surface area contributed by atoms with E-state index in [9.17, 15) is 0 Å². The largest absolute Gasteiger partial charge is 0.368 e. The van der Waals surface area contributed by atoms with Crippen molar-refractivity contribution in [2.24, 2.45) is 0 Å². The summed E-state index contributed by atoms with van der Waals surface area (Å²) in [6.45, 7) is 4.06. The van der Waals surface area contributed by atoms with Gasteiger partial charge in [0.2, 0.25) is 5.95 Å².